The molecule has 0 fully saturated rings. The van der Waals surface area contributed by atoms with Crippen LogP contribution in [-0.4, -0.2) is 41.7 Å². The van der Waals surface area contributed by atoms with Crippen molar-refractivity contribution in [3.05, 3.63) is 58.0 Å². The molecule has 1 amide bonds. The molecule has 1 aromatic heterocycles. The maximum atomic E-state index is 12.5. The van der Waals surface area contributed by atoms with E-state index in [-0.39, 0.29) is 25.0 Å². The summed E-state index contributed by atoms with van der Waals surface area (Å²) in [7, 11) is 1.71. The van der Waals surface area contributed by atoms with Crippen LogP contribution in [0.5, 0.6) is 11.5 Å². The topological polar surface area (TPSA) is 73.9 Å². The Bertz CT molecular complexity index is 1070. The number of ether oxygens (including phenoxy) is 2. The molecule has 4 rings (SSSR count). The van der Waals surface area contributed by atoms with Crippen LogP contribution >= 0.6 is 11.6 Å². The molecule has 2 aromatic carbocycles. The standard InChI is InChI=1S/C20H19ClN2O5/c1-22(11-14-12-26-16-4-2-3-5-17(16)27-14)19(24)8-9-23-15-7-6-13(21)10-18(15)28-20(23)25/h2-7,10,14H,8-9,11-12H2,1H3. The summed E-state index contributed by atoms with van der Waals surface area (Å²) in [5.74, 6) is 0.778. The van der Waals surface area contributed by atoms with Crippen LogP contribution in [0.3, 0.4) is 0 Å². The number of aryl methyl sites for hydroxylation is 1. The van der Waals surface area contributed by atoms with Gasteiger partial charge in [0.25, 0.3) is 0 Å². The van der Waals surface area contributed by atoms with E-state index in [2.05, 4.69) is 0 Å². The van der Waals surface area contributed by atoms with Gasteiger partial charge in [0.15, 0.2) is 23.2 Å². The largest absolute Gasteiger partial charge is 0.486 e. The number of oxazole rings is 1. The van der Waals surface area contributed by atoms with E-state index in [4.69, 9.17) is 25.5 Å². The van der Waals surface area contributed by atoms with Gasteiger partial charge in [0.1, 0.15) is 6.61 Å². The number of halogens is 1. The van der Waals surface area contributed by atoms with Crippen molar-refractivity contribution in [3.63, 3.8) is 0 Å². The number of fused-ring (bicyclic) bond motifs is 2. The summed E-state index contributed by atoms with van der Waals surface area (Å²) in [4.78, 5) is 26.2. The molecule has 3 aromatic rings. The van der Waals surface area contributed by atoms with Crippen molar-refractivity contribution >= 4 is 28.6 Å². The Balaban J connectivity index is 1.37. The molecule has 7 nitrogen and oxygen atoms in total. The summed E-state index contributed by atoms with van der Waals surface area (Å²) >= 11 is 5.92. The molecule has 0 bridgehead atoms. The highest BCUT2D eigenvalue weighted by Crippen LogP contribution is 2.31. The molecule has 1 aliphatic rings. The number of amides is 1. The van der Waals surface area contributed by atoms with Gasteiger partial charge in [-0.05, 0) is 24.3 Å². The number of carbonyl (C=O) groups excluding carboxylic acids is 1. The van der Waals surface area contributed by atoms with Crippen molar-refractivity contribution in [2.24, 2.45) is 0 Å². The van der Waals surface area contributed by atoms with E-state index in [0.717, 1.165) is 0 Å². The molecule has 146 valence electrons. The summed E-state index contributed by atoms with van der Waals surface area (Å²) in [6.07, 6.45) is -0.0823. The smallest absolute Gasteiger partial charge is 0.419 e. The predicted molar refractivity (Wildman–Crippen MR) is 104 cm³/mol. The van der Waals surface area contributed by atoms with Crippen molar-refractivity contribution in [2.75, 3.05) is 20.2 Å². The minimum Gasteiger partial charge on any atom is -0.486 e. The highest BCUT2D eigenvalue weighted by Gasteiger charge is 2.24. The number of hydrogen-bond donors (Lipinski definition) is 0. The average Bonchev–Trinajstić information content (AvgIpc) is 3.00. The number of aromatic nitrogens is 1. The van der Waals surface area contributed by atoms with Crippen molar-refractivity contribution in [2.45, 2.75) is 19.1 Å². The minimum absolute atomic E-state index is 0.0994. The van der Waals surface area contributed by atoms with Crippen molar-refractivity contribution in [1.29, 1.82) is 0 Å². The van der Waals surface area contributed by atoms with Gasteiger partial charge in [-0.25, -0.2) is 4.79 Å². The SMILES string of the molecule is CN(CC1COc2ccccc2O1)C(=O)CCn1c(=O)oc2cc(Cl)ccc21. The maximum absolute atomic E-state index is 12.5. The molecule has 2 heterocycles. The fraction of sp³-hybridized carbons (Fsp3) is 0.300. The van der Waals surface area contributed by atoms with E-state index in [0.29, 0.717) is 40.8 Å². The first kappa shape index (κ1) is 18.4. The molecule has 0 N–H and O–H groups in total. The second-order valence-corrected chi connectivity index (χ2v) is 7.09. The third kappa shape index (κ3) is 3.71. The van der Waals surface area contributed by atoms with Crippen LogP contribution in [0.15, 0.2) is 51.7 Å². The second kappa shape index (κ2) is 7.59. The summed E-state index contributed by atoms with van der Waals surface area (Å²) < 4.78 is 18.2. The lowest BCUT2D eigenvalue weighted by atomic mass is 10.2. The van der Waals surface area contributed by atoms with E-state index >= 15 is 0 Å². The van der Waals surface area contributed by atoms with E-state index in [1.807, 2.05) is 24.3 Å². The number of para-hydroxylation sites is 2. The third-order valence-corrected chi connectivity index (χ3v) is 4.89. The Morgan fingerprint density at radius 1 is 1.25 bits per heavy atom. The quantitative estimate of drug-likeness (QED) is 0.656. The average molecular weight is 403 g/mol. The summed E-state index contributed by atoms with van der Waals surface area (Å²) in [6, 6.07) is 12.4. The van der Waals surface area contributed by atoms with Gasteiger partial charge < -0.3 is 18.8 Å². The Morgan fingerprint density at radius 3 is 2.86 bits per heavy atom. The lowest BCUT2D eigenvalue weighted by molar-refractivity contribution is -0.131. The Hall–Kier alpha value is -2.93. The Labute approximate surface area is 166 Å². The second-order valence-electron chi connectivity index (χ2n) is 6.65. The van der Waals surface area contributed by atoms with Crippen molar-refractivity contribution < 1.29 is 18.7 Å². The van der Waals surface area contributed by atoms with Gasteiger partial charge in [-0.1, -0.05) is 23.7 Å². The van der Waals surface area contributed by atoms with Crippen molar-refractivity contribution in [3.8, 4) is 11.5 Å². The summed E-state index contributed by atoms with van der Waals surface area (Å²) in [6.45, 7) is 0.993. The Kier molecular flexibility index (Phi) is 5.00. The molecule has 28 heavy (non-hydrogen) atoms. The zero-order chi connectivity index (χ0) is 19.7. The molecule has 0 aliphatic carbocycles. The van der Waals surface area contributed by atoms with Crippen LogP contribution < -0.4 is 15.2 Å². The molecule has 0 saturated heterocycles. The third-order valence-electron chi connectivity index (χ3n) is 4.65. The summed E-state index contributed by atoms with van der Waals surface area (Å²) in [5.41, 5.74) is 1.02. The fourth-order valence-electron chi connectivity index (χ4n) is 3.21. The lowest BCUT2D eigenvalue weighted by Crippen LogP contribution is -2.42. The molecule has 1 unspecified atom stereocenters. The summed E-state index contributed by atoms with van der Waals surface area (Å²) in [5, 5.41) is 0.487. The highest BCUT2D eigenvalue weighted by atomic mass is 35.5. The Morgan fingerprint density at radius 2 is 2.04 bits per heavy atom. The number of likely N-dealkylation sites (N-methyl/N-ethyl adjacent to an activating group) is 1. The minimum atomic E-state index is -0.506. The monoisotopic (exact) mass is 402 g/mol. The fourth-order valence-corrected chi connectivity index (χ4v) is 3.37. The van der Waals surface area contributed by atoms with Crippen LogP contribution in [-0.2, 0) is 11.3 Å². The number of benzene rings is 2. The van der Waals surface area contributed by atoms with Crippen molar-refractivity contribution in [1.82, 2.24) is 9.47 Å². The molecule has 0 radical (unpaired) electrons. The molecule has 8 heteroatoms. The molecule has 1 aliphatic heterocycles. The van der Waals surface area contributed by atoms with E-state index in [1.165, 1.54) is 4.57 Å². The van der Waals surface area contributed by atoms with Gasteiger partial charge in [0.2, 0.25) is 5.91 Å². The molecule has 0 spiro atoms. The highest BCUT2D eigenvalue weighted by molar-refractivity contribution is 6.31. The first-order valence-corrected chi connectivity index (χ1v) is 9.30. The zero-order valence-corrected chi connectivity index (χ0v) is 16.0. The van der Waals surface area contributed by atoms with Gasteiger partial charge in [-0.3, -0.25) is 9.36 Å². The number of hydrogen-bond acceptors (Lipinski definition) is 5. The molecule has 1 atom stereocenters. The van der Waals surface area contributed by atoms with Crippen LogP contribution in [0.25, 0.3) is 11.1 Å². The van der Waals surface area contributed by atoms with E-state index in [9.17, 15) is 9.59 Å². The van der Waals surface area contributed by atoms with Gasteiger partial charge in [-0.15, -0.1) is 0 Å². The van der Waals surface area contributed by atoms with Gasteiger partial charge >= 0.3 is 5.76 Å². The predicted octanol–water partition coefficient (Wildman–Crippen LogP) is 2.94. The van der Waals surface area contributed by atoms with Gasteiger partial charge in [0.05, 0.1) is 12.1 Å². The normalized spacial score (nSPS) is 15.6. The van der Waals surface area contributed by atoms with Crippen LogP contribution in [0.1, 0.15) is 6.42 Å². The maximum Gasteiger partial charge on any atom is 0.419 e. The van der Waals surface area contributed by atoms with Crippen LogP contribution in [0.2, 0.25) is 5.02 Å². The molecule has 0 saturated carbocycles. The van der Waals surface area contributed by atoms with Gasteiger partial charge in [-0.2, -0.15) is 0 Å². The zero-order valence-electron chi connectivity index (χ0n) is 15.3. The van der Waals surface area contributed by atoms with E-state index < -0.39 is 5.76 Å². The first-order chi connectivity index (χ1) is 13.5. The number of carbonyl (C=O) groups is 1. The number of nitrogens with zero attached hydrogens (tertiary/aromatic N) is 2. The molecular formula is C20H19ClN2O5. The molecular weight excluding hydrogens is 384 g/mol. The van der Waals surface area contributed by atoms with E-state index in [1.54, 1.807) is 30.1 Å². The van der Waals surface area contributed by atoms with Crippen LogP contribution in [0.4, 0.5) is 0 Å². The van der Waals surface area contributed by atoms with Crippen LogP contribution in [0, 0.1) is 0 Å². The first-order valence-electron chi connectivity index (χ1n) is 8.92. The van der Waals surface area contributed by atoms with Gasteiger partial charge in [0, 0.05) is 31.1 Å². The lowest BCUT2D eigenvalue weighted by Gasteiger charge is -2.29. The number of rotatable bonds is 5.